The van der Waals surface area contributed by atoms with Crippen LogP contribution >= 0.6 is 11.6 Å². The highest BCUT2D eigenvalue weighted by atomic mass is 35.5. The van der Waals surface area contributed by atoms with Gasteiger partial charge in [-0.05, 0) is 24.3 Å². The molecule has 1 aromatic heterocycles. The van der Waals surface area contributed by atoms with E-state index < -0.39 is 5.91 Å². The predicted molar refractivity (Wildman–Crippen MR) is 66.1 cm³/mol. The normalized spacial score (nSPS) is 10.3. The first-order valence-electron chi connectivity index (χ1n) is 5.28. The Morgan fingerprint density at radius 1 is 1.39 bits per heavy atom. The maximum atomic E-state index is 11.5. The molecule has 0 saturated heterocycles. The molecule has 0 spiro atoms. The van der Waals surface area contributed by atoms with E-state index in [1.165, 1.54) is 0 Å². The fourth-order valence-electron chi connectivity index (χ4n) is 1.29. The molecule has 0 aliphatic rings. The minimum Gasteiger partial charge on any atom is -0.347 e. The summed E-state index contributed by atoms with van der Waals surface area (Å²) in [6.45, 7) is 0.710. The van der Waals surface area contributed by atoms with Crippen molar-refractivity contribution >= 4 is 17.5 Å². The summed E-state index contributed by atoms with van der Waals surface area (Å²) in [6, 6.07) is 6.91. The molecule has 94 valence electrons. The molecule has 1 aromatic carbocycles. The van der Waals surface area contributed by atoms with Crippen molar-refractivity contribution in [2.24, 2.45) is 5.73 Å². The van der Waals surface area contributed by atoms with E-state index in [0.29, 0.717) is 23.9 Å². The zero-order chi connectivity index (χ0) is 13.0. The average molecular weight is 267 g/mol. The number of carbonyl (C=O) groups excluding carboxylic acids is 1. The van der Waals surface area contributed by atoms with E-state index in [9.17, 15) is 4.79 Å². The maximum absolute atomic E-state index is 11.5. The lowest BCUT2D eigenvalue weighted by atomic mass is 10.2. The van der Waals surface area contributed by atoms with Crippen molar-refractivity contribution in [1.82, 2.24) is 15.5 Å². The third-order valence-electron chi connectivity index (χ3n) is 2.15. The van der Waals surface area contributed by atoms with Crippen LogP contribution in [0, 0.1) is 0 Å². The van der Waals surface area contributed by atoms with Gasteiger partial charge in [-0.3, -0.25) is 4.79 Å². The molecule has 7 heteroatoms. The van der Waals surface area contributed by atoms with Gasteiger partial charge in [0.15, 0.2) is 0 Å². The Balaban J connectivity index is 2.15. The van der Waals surface area contributed by atoms with Crippen molar-refractivity contribution in [2.45, 2.75) is 0 Å². The van der Waals surface area contributed by atoms with Gasteiger partial charge < -0.3 is 15.6 Å². The number of nitrogens with two attached hydrogens (primary N) is 1. The molecule has 2 aromatic rings. The predicted octanol–water partition coefficient (Wildman–Crippen LogP) is 1.08. The van der Waals surface area contributed by atoms with Crippen LogP contribution in [0.5, 0.6) is 0 Å². The van der Waals surface area contributed by atoms with Gasteiger partial charge in [0.05, 0.1) is 0 Å². The van der Waals surface area contributed by atoms with Crippen LogP contribution < -0.4 is 11.1 Å². The number of amides is 1. The molecular weight excluding hydrogens is 256 g/mol. The molecule has 0 unspecified atom stereocenters. The Labute approximate surface area is 108 Å². The molecule has 0 aliphatic carbocycles. The quantitative estimate of drug-likeness (QED) is 0.863. The Morgan fingerprint density at radius 2 is 2.11 bits per heavy atom. The van der Waals surface area contributed by atoms with Crippen molar-refractivity contribution in [2.75, 3.05) is 13.1 Å². The van der Waals surface area contributed by atoms with Gasteiger partial charge in [-0.15, -0.1) is 0 Å². The Morgan fingerprint density at radius 3 is 2.78 bits per heavy atom. The van der Waals surface area contributed by atoms with Crippen LogP contribution in [-0.4, -0.2) is 29.1 Å². The van der Waals surface area contributed by atoms with Gasteiger partial charge in [0, 0.05) is 23.7 Å². The lowest BCUT2D eigenvalue weighted by Crippen LogP contribution is -2.29. The second kappa shape index (κ2) is 5.61. The first-order chi connectivity index (χ1) is 8.70. The largest absolute Gasteiger partial charge is 0.347 e. The molecule has 0 fully saturated rings. The van der Waals surface area contributed by atoms with E-state index in [4.69, 9.17) is 21.9 Å². The third-order valence-corrected chi connectivity index (χ3v) is 2.40. The van der Waals surface area contributed by atoms with Crippen LogP contribution in [0.4, 0.5) is 0 Å². The molecular formula is C11H11ClN4O2. The van der Waals surface area contributed by atoms with Gasteiger partial charge in [0.2, 0.25) is 5.82 Å². The summed E-state index contributed by atoms with van der Waals surface area (Å²) in [5, 5.41) is 6.88. The van der Waals surface area contributed by atoms with Gasteiger partial charge >= 0.3 is 11.8 Å². The van der Waals surface area contributed by atoms with Gasteiger partial charge in [-0.1, -0.05) is 16.8 Å². The molecule has 3 N–H and O–H groups in total. The summed E-state index contributed by atoms with van der Waals surface area (Å²) in [5.74, 6) is -0.189. The van der Waals surface area contributed by atoms with Crippen LogP contribution in [0.15, 0.2) is 28.8 Å². The number of carbonyl (C=O) groups is 1. The fraction of sp³-hybridized carbons (Fsp3) is 0.182. The highest BCUT2D eigenvalue weighted by Gasteiger charge is 2.15. The molecule has 0 bridgehead atoms. The van der Waals surface area contributed by atoms with Crippen molar-refractivity contribution in [3.05, 3.63) is 35.2 Å². The van der Waals surface area contributed by atoms with E-state index >= 15 is 0 Å². The first kappa shape index (κ1) is 12.5. The monoisotopic (exact) mass is 266 g/mol. The lowest BCUT2D eigenvalue weighted by Gasteiger charge is -1.96. The molecule has 2 rings (SSSR count). The number of nitrogens with one attached hydrogen (secondary N) is 1. The maximum Gasteiger partial charge on any atom is 0.316 e. The van der Waals surface area contributed by atoms with Crippen molar-refractivity contribution in [3.63, 3.8) is 0 Å². The number of aromatic nitrogens is 2. The molecule has 1 heterocycles. The average Bonchev–Trinajstić information content (AvgIpc) is 2.86. The van der Waals surface area contributed by atoms with Gasteiger partial charge in [-0.25, -0.2) is 0 Å². The highest BCUT2D eigenvalue weighted by molar-refractivity contribution is 6.30. The topological polar surface area (TPSA) is 94.0 Å². The van der Waals surface area contributed by atoms with Crippen LogP contribution in [0.1, 0.15) is 10.7 Å². The Bertz CT molecular complexity index is 538. The molecule has 0 aliphatic heterocycles. The van der Waals surface area contributed by atoms with Gasteiger partial charge in [-0.2, -0.15) is 4.98 Å². The molecule has 0 saturated carbocycles. The lowest BCUT2D eigenvalue weighted by molar-refractivity contribution is 0.0911. The summed E-state index contributed by atoms with van der Waals surface area (Å²) in [7, 11) is 0. The van der Waals surface area contributed by atoms with Crippen molar-refractivity contribution < 1.29 is 9.32 Å². The standard InChI is InChI=1S/C11H11ClN4O2/c12-8-3-1-7(2-4-8)9-15-11(18-16-9)10(17)14-6-5-13/h1-4H,5-6,13H2,(H,14,17). The van der Waals surface area contributed by atoms with Crippen molar-refractivity contribution in [1.29, 1.82) is 0 Å². The van der Waals surface area contributed by atoms with Crippen molar-refractivity contribution in [3.8, 4) is 11.4 Å². The molecule has 18 heavy (non-hydrogen) atoms. The van der Waals surface area contributed by atoms with E-state index in [1.807, 2.05) is 0 Å². The summed E-state index contributed by atoms with van der Waals surface area (Å²) in [6.07, 6.45) is 0. The van der Waals surface area contributed by atoms with Gasteiger partial charge in [0.1, 0.15) is 0 Å². The molecule has 1 amide bonds. The number of halogens is 1. The zero-order valence-corrected chi connectivity index (χ0v) is 10.1. The minimum absolute atomic E-state index is 0.0894. The minimum atomic E-state index is -0.437. The second-order valence-electron chi connectivity index (χ2n) is 3.47. The smallest absolute Gasteiger partial charge is 0.316 e. The summed E-state index contributed by atoms with van der Waals surface area (Å²) in [5.41, 5.74) is 5.99. The molecule has 0 atom stereocenters. The molecule has 0 radical (unpaired) electrons. The van der Waals surface area contributed by atoms with Crippen LogP contribution in [0.2, 0.25) is 5.02 Å². The van der Waals surface area contributed by atoms with E-state index in [2.05, 4.69) is 15.5 Å². The van der Waals surface area contributed by atoms with E-state index in [1.54, 1.807) is 24.3 Å². The third kappa shape index (κ3) is 2.85. The summed E-state index contributed by atoms with van der Waals surface area (Å²) >= 11 is 5.77. The van der Waals surface area contributed by atoms with Crippen LogP contribution in [0.25, 0.3) is 11.4 Å². The van der Waals surface area contributed by atoms with Crippen LogP contribution in [0.3, 0.4) is 0 Å². The number of hydrogen-bond acceptors (Lipinski definition) is 5. The highest BCUT2D eigenvalue weighted by Crippen LogP contribution is 2.18. The number of nitrogens with zero attached hydrogens (tertiary/aromatic N) is 2. The Hall–Kier alpha value is -1.92. The first-order valence-corrected chi connectivity index (χ1v) is 5.66. The molecule has 6 nitrogen and oxygen atoms in total. The van der Waals surface area contributed by atoms with Crippen LogP contribution in [-0.2, 0) is 0 Å². The van der Waals surface area contributed by atoms with E-state index in [0.717, 1.165) is 5.56 Å². The Kier molecular flexibility index (Phi) is 3.91. The van der Waals surface area contributed by atoms with Gasteiger partial charge in [0.25, 0.3) is 0 Å². The number of rotatable bonds is 4. The van der Waals surface area contributed by atoms with E-state index in [-0.39, 0.29) is 5.89 Å². The fourth-order valence-corrected chi connectivity index (χ4v) is 1.42. The summed E-state index contributed by atoms with van der Waals surface area (Å²) < 4.78 is 4.86. The second-order valence-corrected chi connectivity index (χ2v) is 3.91. The summed E-state index contributed by atoms with van der Waals surface area (Å²) in [4.78, 5) is 15.5. The zero-order valence-electron chi connectivity index (χ0n) is 9.39. The number of hydrogen-bond donors (Lipinski definition) is 2. The SMILES string of the molecule is NCCNC(=O)c1nc(-c2ccc(Cl)cc2)no1. The number of benzene rings is 1.